The van der Waals surface area contributed by atoms with Crippen molar-refractivity contribution in [2.75, 3.05) is 0 Å². The molecule has 4 nitrogen and oxygen atoms in total. The summed E-state index contributed by atoms with van der Waals surface area (Å²) in [6, 6.07) is 5.34. The number of rotatable bonds is 3. The molecule has 1 amide bonds. The van der Waals surface area contributed by atoms with Gasteiger partial charge in [0.1, 0.15) is 6.54 Å². The summed E-state index contributed by atoms with van der Waals surface area (Å²) >= 11 is 0. The van der Waals surface area contributed by atoms with Gasteiger partial charge < -0.3 is 9.88 Å². The van der Waals surface area contributed by atoms with Gasteiger partial charge in [-0.05, 0) is 25.8 Å². The highest BCUT2D eigenvalue weighted by Crippen LogP contribution is 2.17. The summed E-state index contributed by atoms with van der Waals surface area (Å²) in [4.78, 5) is 23.6. The lowest BCUT2D eigenvalue weighted by Gasteiger charge is -2.23. The minimum absolute atomic E-state index is 0.0571. The van der Waals surface area contributed by atoms with E-state index in [0.717, 1.165) is 18.5 Å². The number of nitrogens with zero attached hydrogens (tertiary/aromatic N) is 1. The molecule has 0 atom stereocenters. The normalized spacial score (nSPS) is 16.5. The van der Waals surface area contributed by atoms with Gasteiger partial charge in [-0.1, -0.05) is 25.3 Å². The molecule has 1 saturated carbocycles. The smallest absolute Gasteiger partial charge is 0.251 e. The van der Waals surface area contributed by atoms with Gasteiger partial charge >= 0.3 is 0 Å². The molecule has 0 spiro atoms. The highest BCUT2D eigenvalue weighted by atomic mass is 16.2. The van der Waals surface area contributed by atoms with E-state index in [1.807, 2.05) is 13.0 Å². The third-order valence-electron chi connectivity index (χ3n) is 3.54. The van der Waals surface area contributed by atoms with Crippen molar-refractivity contribution in [1.29, 1.82) is 0 Å². The van der Waals surface area contributed by atoms with E-state index in [2.05, 4.69) is 5.32 Å². The number of aryl methyl sites for hydroxylation is 1. The van der Waals surface area contributed by atoms with E-state index < -0.39 is 0 Å². The van der Waals surface area contributed by atoms with Gasteiger partial charge in [-0.3, -0.25) is 9.59 Å². The summed E-state index contributed by atoms with van der Waals surface area (Å²) in [6.07, 6.45) is 5.77. The first kappa shape index (κ1) is 12.9. The van der Waals surface area contributed by atoms with Gasteiger partial charge in [-0.25, -0.2) is 0 Å². The molecule has 1 fully saturated rings. The van der Waals surface area contributed by atoms with Crippen molar-refractivity contribution in [2.24, 2.45) is 0 Å². The number of pyridine rings is 1. The molecule has 4 heteroatoms. The summed E-state index contributed by atoms with van der Waals surface area (Å²) in [5, 5.41) is 3.02. The second-order valence-corrected chi connectivity index (χ2v) is 4.99. The van der Waals surface area contributed by atoms with Crippen LogP contribution in [0.3, 0.4) is 0 Å². The Balaban J connectivity index is 1.96. The van der Waals surface area contributed by atoms with Crippen molar-refractivity contribution in [3.63, 3.8) is 0 Å². The predicted octanol–water partition coefficient (Wildman–Crippen LogP) is 1.61. The van der Waals surface area contributed by atoms with Gasteiger partial charge in [0.25, 0.3) is 5.56 Å². The summed E-state index contributed by atoms with van der Waals surface area (Å²) in [5.41, 5.74) is 0.704. The highest BCUT2D eigenvalue weighted by molar-refractivity contribution is 5.76. The van der Waals surface area contributed by atoms with Crippen LogP contribution in [0.25, 0.3) is 0 Å². The molecule has 0 radical (unpaired) electrons. The number of carbonyl (C=O) groups is 1. The predicted molar refractivity (Wildman–Crippen MR) is 70.5 cm³/mol. The molecule has 18 heavy (non-hydrogen) atoms. The molecular formula is C14H20N2O2. The molecule has 0 saturated heterocycles. The fraction of sp³-hybridized carbons (Fsp3) is 0.571. The van der Waals surface area contributed by atoms with Crippen LogP contribution in [0.2, 0.25) is 0 Å². The van der Waals surface area contributed by atoms with Crippen molar-refractivity contribution in [2.45, 2.75) is 51.6 Å². The van der Waals surface area contributed by atoms with E-state index in [1.54, 1.807) is 6.07 Å². The Morgan fingerprint density at radius 1 is 1.33 bits per heavy atom. The maximum Gasteiger partial charge on any atom is 0.251 e. The van der Waals surface area contributed by atoms with Crippen molar-refractivity contribution in [3.8, 4) is 0 Å². The molecule has 1 aromatic heterocycles. The van der Waals surface area contributed by atoms with E-state index in [9.17, 15) is 9.59 Å². The Kier molecular flexibility index (Phi) is 4.18. The standard InChI is InChI=1S/C14H20N2O2/c1-11-6-5-9-14(18)16(11)10-13(17)15-12-7-3-2-4-8-12/h5-6,9,12H,2-4,7-8,10H2,1H3,(H,15,17). The van der Waals surface area contributed by atoms with E-state index in [-0.39, 0.29) is 18.0 Å². The molecule has 0 aliphatic heterocycles. The number of aromatic nitrogens is 1. The summed E-state index contributed by atoms with van der Waals surface area (Å²) in [5.74, 6) is -0.0571. The molecule has 1 N–H and O–H groups in total. The zero-order valence-corrected chi connectivity index (χ0v) is 10.8. The molecule has 1 heterocycles. The number of nitrogens with one attached hydrogen (secondary N) is 1. The third kappa shape index (κ3) is 3.22. The van der Waals surface area contributed by atoms with Crippen LogP contribution in [-0.2, 0) is 11.3 Å². The van der Waals surface area contributed by atoms with Crippen LogP contribution in [0.1, 0.15) is 37.8 Å². The van der Waals surface area contributed by atoms with Gasteiger partial charge in [0, 0.05) is 17.8 Å². The fourth-order valence-electron chi connectivity index (χ4n) is 2.49. The lowest BCUT2D eigenvalue weighted by molar-refractivity contribution is -0.122. The molecule has 0 bridgehead atoms. The third-order valence-corrected chi connectivity index (χ3v) is 3.54. The monoisotopic (exact) mass is 248 g/mol. The van der Waals surface area contributed by atoms with Gasteiger partial charge in [0.15, 0.2) is 0 Å². The zero-order valence-electron chi connectivity index (χ0n) is 10.8. The van der Waals surface area contributed by atoms with Crippen LogP contribution < -0.4 is 10.9 Å². The van der Waals surface area contributed by atoms with Gasteiger partial charge in [0.2, 0.25) is 5.91 Å². The molecule has 1 aliphatic carbocycles. The molecular weight excluding hydrogens is 228 g/mol. The second kappa shape index (κ2) is 5.85. The topological polar surface area (TPSA) is 51.1 Å². The average Bonchev–Trinajstić information content (AvgIpc) is 2.35. The minimum Gasteiger partial charge on any atom is -0.352 e. The quantitative estimate of drug-likeness (QED) is 0.883. The number of carbonyl (C=O) groups excluding carboxylic acids is 1. The molecule has 0 aromatic carbocycles. The van der Waals surface area contributed by atoms with Crippen LogP contribution in [-0.4, -0.2) is 16.5 Å². The Morgan fingerprint density at radius 3 is 2.72 bits per heavy atom. The number of hydrogen-bond donors (Lipinski definition) is 1. The van der Waals surface area contributed by atoms with E-state index >= 15 is 0 Å². The average molecular weight is 248 g/mol. The van der Waals surface area contributed by atoms with Crippen molar-refractivity contribution in [1.82, 2.24) is 9.88 Å². The molecule has 1 aliphatic rings. The largest absolute Gasteiger partial charge is 0.352 e. The molecule has 1 aromatic rings. The van der Waals surface area contributed by atoms with Crippen LogP contribution in [0.4, 0.5) is 0 Å². The first-order valence-corrected chi connectivity index (χ1v) is 6.62. The van der Waals surface area contributed by atoms with Crippen molar-refractivity contribution < 1.29 is 4.79 Å². The lowest BCUT2D eigenvalue weighted by Crippen LogP contribution is -2.40. The van der Waals surface area contributed by atoms with Gasteiger partial charge in [0.05, 0.1) is 0 Å². The SMILES string of the molecule is Cc1cccc(=O)n1CC(=O)NC1CCCCC1. The van der Waals surface area contributed by atoms with E-state index in [0.29, 0.717) is 6.04 Å². The Hall–Kier alpha value is -1.58. The van der Waals surface area contributed by atoms with Crippen molar-refractivity contribution >= 4 is 5.91 Å². The Labute approximate surface area is 107 Å². The van der Waals surface area contributed by atoms with Crippen molar-refractivity contribution in [3.05, 3.63) is 34.2 Å². The van der Waals surface area contributed by atoms with Crippen LogP contribution in [0, 0.1) is 6.92 Å². The second-order valence-electron chi connectivity index (χ2n) is 4.99. The molecule has 2 rings (SSSR count). The first-order chi connectivity index (χ1) is 8.66. The van der Waals surface area contributed by atoms with Crippen LogP contribution in [0.5, 0.6) is 0 Å². The highest BCUT2D eigenvalue weighted by Gasteiger charge is 2.16. The van der Waals surface area contributed by atoms with Gasteiger partial charge in [-0.15, -0.1) is 0 Å². The zero-order chi connectivity index (χ0) is 13.0. The summed E-state index contributed by atoms with van der Waals surface area (Å²) < 4.78 is 1.51. The first-order valence-electron chi connectivity index (χ1n) is 6.62. The summed E-state index contributed by atoms with van der Waals surface area (Å²) in [7, 11) is 0. The minimum atomic E-state index is -0.117. The van der Waals surface area contributed by atoms with E-state index in [4.69, 9.17) is 0 Å². The lowest BCUT2D eigenvalue weighted by atomic mass is 9.95. The molecule has 98 valence electrons. The van der Waals surface area contributed by atoms with Gasteiger partial charge in [-0.2, -0.15) is 0 Å². The summed E-state index contributed by atoms with van der Waals surface area (Å²) in [6.45, 7) is 1.97. The molecule has 0 unspecified atom stereocenters. The fourth-order valence-corrected chi connectivity index (χ4v) is 2.49. The maximum absolute atomic E-state index is 11.9. The number of hydrogen-bond acceptors (Lipinski definition) is 2. The van der Waals surface area contributed by atoms with Crippen LogP contribution in [0.15, 0.2) is 23.0 Å². The van der Waals surface area contributed by atoms with E-state index in [1.165, 1.54) is 29.9 Å². The maximum atomic E-state index is 11.9. The Morgan fingerprint density at radius 2 is 2.06 bits per heavy atom. The van der Waals surface area contributed by atoms with Crippen LogP contribution >= 0.6 is 0 Å². The Bertz CT molecular complexity index is 473. The number of amides is 1.